The molecule has 0 aromatic heterocycles. The molecule has 0 saturated carbocycles. The van der Waals surface area contributed by atoms with Crippen LogP contribution in [-0.2, 0) is 32.5 Å². The van der Waals surface area contributed by atoms with Crippen molar-refractivity contribution in [2.45, 2.75) is 6.92 Å². The smallest absolute Gasteiger partial charge is 1.00 e. The molecule has 1 rings (SSSR count). The van der Waals surface area contributed by atoms with Crippen LogP contribution in [-0.4, -0.2) is 5.97 Å². The van der Waals surface area contributed by atoms with Crippen molar-refractivity contribution in [3.63, 3.8) is 0 Å². The first-order valence-electron chi connectivity index (χ1n) is 3.46. The summed E-state index contributed by atoms with van der Waals surface area (Å²) in [6, 6.07) is 9.94. The Hall–Kier alpha value is 1.26. The summed E-state index contributed by atoms with van der Waals surface area (Å²) in [5, 5.41) is 0. The Labute approximate surface area is 129 Å². The number of hydrogen-bond acceptors (Lipinski definition) is 2. The second kappa shape index (κ2) is 7.65. The van der Waals surface area contributed by atoms with Gasteiger partial charge < -0.3 is 1.43 Å². The molecule has 0 amide bonds. The predicted octanol–water partition coefficient (Wildman–Crippen LogP) is -2.01. The molecule has 0 atom stereocenters. The second-order valence-electron chi connectivity index (χ2n) is 2.27. The number of benzene rings is 1. The van der Waals surface area contributed by atoms with Gasteiger partial charge in [0.25, 0.3) is 0 Å². The van der Waals surface area contributed by atoms with Crippen LogP contribution < -0.4 is 54.5 Å². The zero-order valence-corrected chi connectivity index (χ0v) is 16.0. The molecule has 1 aromatic rings. The summed E-state index contributed by atoms with van der Waals surface area (Å²) in [5.41, 5.74) is 0. The third kappa shape index (κ3) is 5.83. The number of rotatable bonds is 2. The maximum absolute atomic E-state index is 10.5. The van der Waals surface area contributed by atoms with Crippen LogP contribution in [0.15, 0.2) is 30.3 Å². The van der Waals surface area contributed by atoms with Gasteiger partial charge in [-0.15, -0.1) is 0 Å². The monoisotopic (exact) mass is 378 g/mol. The first kappa shape index (κ1) is 13.3. The predicted molar refractivity (Wildman–Crippen MR) is 39.0 cm³/mol. The van der Waals surface area contributed by atoms with E-state index in [4.69, 9.17) is 2.64 Å². The van der Waals surface area contributed by atoms with Gasteiger partial charge >= 0.3 is 130 Å². The Morgan fingerprint density at radius 2 is 2.00 bits per heavy atom. The Bertz CT molecular complexity index is 243. The van der Waals surface area contributed by atoms with Gasteiger partial charge in [-0.05, 0) is 0 Å². The summed E-state index contributed by atoms with van der Waals surface area (Å²) >= 11 is -1.52. The average Bonchev–Trinajstić information content (AvgIpc) is 2.03. The van der Waals surface area contributed by atoms with Gasteiger partial charge in [0.1, 0.15) is 0 Å². The maximum atomic E-state index is 10.5. The first-order valence-corrected chi connectivity index (χ1v) is 8.45. The molecule has 0 spiro atoms. The molecule has 0 heterocycles. The quantitative estimate of drug-likeness (QED) is 0.558. The van der Waals surface area contributed by atoms with Crippen LogP contribution in [0.4, 0.5) is 0 Å². The molecule has 12 heavy (non-hydrogen) atoms. The Morgan fingerprint density at radius 1 is 1.42 bits per heavy atom. The summed E-state index contributed by atoms with van der Waals surface area (Å²) in [5.74, 6) is -0.143. The fourth-order valence-corrected chi connectivity index (χ4v) is 4.00. The van der Waals surface area contributed by atoms with E-state index in [2.05, 4.69) is 0 Å². The molecule has 0 aliphatic carbocycles. The molecule has 0 N–H and O–H groups in total. The van der Waals surface area contributed by atoms with Crippen molar-refractivity contribution >= 4 is 9.04 Å². The standard InChI is InChI=1S/C6H5.C2H4O2.Hg.K.H/c1-2-4-6-5-3-1;1-2(3)4;;;/h1-5H;1H3,(H,3,4);;;/q;;2*+1;-1/p-1. The van der Waals surface area contributed by atoms with E-state index in [0.717, 1.165) is 0 Å². The van der Waals surface area contributed by atoms with Crippen LogP contribution in [0.1, 0.15) is 8.35 Å². The normalized spacial score (nSPS) is 7.75. The van der Waals surface area contributed by atoms with E-state index in [1.54, 1.807) is 0 Å². The molecule has 0 saturated heterocycles. The van der Waals surface area contributed by atoms with Crippen LogP contribution in [0, 0.1) is 0 Å². The van der Waals surface area contributed by atoms with E-state index in [1.807, 2.05) is 30.3 Å². The summed E-state index contributed by atoms with van der Waals surface area (Å²) in [6.45, 7) is 1.46. The van der Waals surface area contributed by atoms with Crippen molar-refractivity contribution < 1.29 is 85.3 Å². The Kier molecular flexibility index (Phi) is 8.45. The first-order chi connectivity index (χ1) is 5.29. The molecular weight excluding hydrogens is 368 g/mol. The van der Waals surface area contributed by atoms with Crippen LogP contribution in [0.5, 0.6) is 0 Å². The minimum absolute atomic E-state index is 0. The fraction of sp³-hybridized carbons (Fsp3) is 0.125. The Balaban J connectivity index is 0. The second-order valence-corrected chi connectivity index (χ2v) is 7.68. The van der Waals surface area contributed by atoms with Gasteiger partial charge in [0, 0.05) is 0 Å². The summed E-state index contributed by atoms with van der Waals surface area (Å²) in [6.07, 6.45) is 0. The van der Waals surface area contributed by atoms with Crippen molar-refractivity contribution in [1.29, 1.82) is 0 Å². The summed E-state index contributed by atoms with van der Waals surface area (Å²) in [4.78, 5) is 10.5. The van der Waals surface area contributed by atoms with Gasteiger partial charge in [-0.25, -0.2) is 0 Å². The van der Waals surface area contributed by atoms with Crippen LogP contribution in [0.3, 0.4) is 0 Å². The third-order valence-corrected chi connectivity index (χ3v) is 6.55. The van der Waals surface area contributed by atoms with Crippen molar-refractivity contribution in [3.05, 3.63) is 30.3 Å². The molecule has 2 nitrogen and oxygen atoms in total. The molecule has 0 fully saturated rings. The zero-order chi connectivity index (χ0) is 8.10. The average molecular weight is 377 g/mol. The van der Waals surface area contributed by atoms with Crippen molar-refractivity contribution in [3.8, 4) is 0 Å². The number of hydrogen-bond donors (Lipinski definition) is 0. The van der Waals surface area contributed by atoms with E-state index in [0.29, 0.717) is 0 Å². The summed E-state index contributed by atoms with van der Waals surface area (Å²) in [7, 11) is 0. The van der Waals surface area contributed by atoms with Crippen LogP contribution in [0.25, 0.3) is 0 Å². The van der Waals surface area contributed by atoms with Gasteiger partial charge in [-0.2, -0.15) is 0 Å². The van der Waals surface area contributed by atoms with Gasteiger partial charge in [0.2, 0.25) is 0 Å². The molecule has 1 aromatic carbocycles. The molecule has 56 valence electrons. The molecule has 0 bridgehead atoms. The Morgan fingerprint density at radius 3 is 2.50 bits per heavy atom. The van der Waals surface area contributed by atoms with Crippen LogP contribution >= 0.6 is 0 Å². The maximum Gasteiger partial charge on any atom is 1.00 e. The third-order valence-electron chi connectivity index (χ3n) is 1.28. The van der Waals surface area contributed by atoms with E-state index in [1.165, 1.54) is 10.00 Å². The van der Waals surface area contributed by atoms with E-state index >= 15 is 0 Å². The summed E-state index contributed by atoms with van der Waals surface area (Å²) < 4.78 is 6.25. The SMILES string of the molecule is CC(=O)[O][Hg][c]1ccccc1.[H-].[K+]. The van der Waals surface area contributed by atoms with Crippen molar-refractivity contribution in [2.75, 3.05) is 0 Å². The van der Waals surface area contributed by atoms with Gasteiger partial charge in [0.15, 0.2) is 0 Å². The molecular formula is C8H9HgKO2. The number of carbonyl (C=O) groups excluding carboxylic acids is 1. The fourth-order valence-electron chi connectivity index (χ4n) is 0.759. The molecule has 0 radical (unpaired) electrons. The van der Waals surface area contributed by atoms with E-state index < -0.39 is 25.0 Å². The van der Waals surface area contributed by atoms with Gasteiger partial charge in [0.05, 0.1) is 0 Å². The molecule has 4 heteroatoms. The molecule has 0 unspecified atom stereocenters. The topological polar surface area (TPSA) is 26.3 Å². The van der Waals surface area contributed by atoms with Crippen molar-refractivity contribution in [2.24, 2.45) is 0 Å². The number of carbonyl (C=O) groups is 1. The van der Waals surface area contributed by atoms with E-state index in [9.17, 15) is 4.79 Å². The van der Waals surface area contributed by atoms with Crippen molar-refractivity contribution in [1.82, 2.24) is 0 Å². The van der Waals surface area contributed by atoms with Crippen LogP contribution in [0.2, 0.25) is 0 Å². The molecule has 0 aliphatic heterocycles. The minimum atomic E-state index is -1.52. The van der Waals surface area contributed by atoms with E-state index in [-0.39, 0.29) is 58.8 Å². The van der Waals surface area contributed by atoms with Gasteiger partial charge in [-0.1, -0.05) is 0 Å². The largest absolute Gasteiger partial charge is 1.00 e. The zero-order valence-electron chi connectivity index (χ0n) is 8.41. The molecule has 0 aliphatic rings. The van der Waals surface area contributed by atoms with Gasteiger partial charge in [-0.3, -0.25) is 0 Å². The minimum Gasteiger partial charge on any atom is -1.00 e.